The second-order valence-electron chi connectivity index (χ2n) is 18.4. The van der Waals surface area contributed by atoms with Crippen LogP contribution in [0.2, 0.25) is 0 Å². The average molecular weight is 817 g/mol. The van der Waals surface area contributed by atoms with Crippen molar-refractivity contribution in [3.8, 4) is 0 Å². The van der Waals surface area contributed by atoms with Crippen molar-refractivity contribution in [2.75, 3.05) is 0 Å². The number of fused-ring (bicyclic) bond motifs is 4. The maximum atomic E-state index is 2.61. The highest BCUT2D eigenvalue weighted by atomic mass is 14.4. The predicted molar refractivity (Wildman–Crippen MR) is 268 cm³/mol. The second-order valence-corrected chi connectivity index (χ2v) is 18.4. The lowest BCUT2D eigenvalue weighted by Crippen LogP contribution is -2.17. The highest BCUT2D eigenvalue weighted by Gasteiger charge is 2.38. The van der Waals surface area contributed by atoms with Crippen LogP contribution < -0.4 is 0 Å². The topological polar surface area (TPSA) is 0 Å². The van der Waals surface area contributed by atoms with Crippen LogP contribution >= 0.6 is 0 Å². The van der Waals surface area contributed by atoms with Gasteiger partial charge in [-0.3, -0.25) is 0 Å². The van der Waals surface area contributed by atoms with Crippen LogP contribution in [0.15, 0.2) is 194 Å². The quantitative estimate of drug-likeness (QED) is 0.166. The first-order chi connectivity index (χ1) is 31.7. The zero-order valence-electron chi connectivity index (χ0n) is 36.1. The minimum Gasteiger partial charge on any atom is -0.0622 e. The van der Waals surface area contributed by atoms with Gasteiger partial charge in [-0.1, -0.05) is 194 Å². The smallest absolute Gasteiger partial charge is 0.00109 e. The summed E-state index contributed by atoms with van der Waals surface area (Å²) in [6, 6.07) is 75.8. The van der Waals surface area contributed by atoms with Gasteiger partial charge in [0.15, 0.2) is 0 Å². The number of hydrogen-bond acceptors (Lipinski definition) is 0. The van der Waals surface area contributed by atoms with Gasteiger partial charge in [0.25, 0.3) is 0 Å². The van der Waals surface area contributed by atoms with E-state index in [1.165, 1.54) is 134 Å². The summed E-state index contributed by atoms with van der Waals surface area (Å²) >= 11 is 0. The molecule has 0 radical (unpaired) electrons. The Bertz CT molecular complexity index is 3320. The maximum absolute atomic E-state index is 2.61. The average Bonchev–Trinajstić information content (AvgIpc) is 3.33. The Labute approximate surface area is 377 Å². The normalized spacial score (nSPS) is 20.5. The monoisotopic (exact) mass is 816 g/mol. The summed E-state index contributed by atoms with van der Waals surface area (Å²) in [6.07, 6.45) is 7.95. The van der Waals surface area contributed by atoms with Crippen LogP contribution in [-0.4, -0.2) is 0 Å². The summed E-state index contributed by atoms with van der Waals surface area (Å²) in [4.78, 5) is 0. The molecule has 8 aromatic carbocycles. The Kier molecular flexibility index (Phi) is 8.86. The fourth-order valence-corrected chi connectivity index (χ4v) is 11.7. The van der Waals surface area contributed by atoms with E-state index in [2.05, 4.69) is 194 Å². The van der Waals surface area contributed by atoms with Crippen molar-refractivity contribution in [1.82, 2.24) is 0 Å². The van der Waals surface area contributed by atoms with Gasteiger partial charge in [-0.25, -0.2) is 0 Å². The fraction of sp³-hybridized carbons (Fsp3) is 0.125. The van der Waals surface area contributed by atoms with E-state index in [9.17, 15) is 0 Å². The van der Waals surface area contributed by atoms with Crippen LogP contribution in [0, 0.1) is 0 Å². The molecule has 0 aromatic heterocycles. The van der Waals surface area contributed by atoms with Crippen LogP contribution in [0.5, 0.6) is 0 Å². The minimum absolute atomic E-state index is 0.980. The van der Waals surface area contributed by atoms with Crippen molar-refractivity contribution >= 4 is 44.6 Å². The zero-order chi connectivity index (χ0) is 42.1. The van der Waals surface area contributed by atoms with E-state index in [-0.39, 0.29) is 0 Å². The Morgan fingerprint density at radius 1 is 0.188 bits per heavy atom. The summed E-state index contributed by atoms with van der Waals surface area (Å²) in [5.74, 6) is 0. The van der Waals surface area contributed by atoms with E-state index in [4.69, 9.17) is 0 Å². The predicted octanol–water partition coefficient (Wildman–Crippen LogP) is 14.8. The maximum Gasteiger partial charge on any atom is -0.00109 e. The number of hydrogen-bond donors (Lipinski definition) is 0. The number of aryl methyl sites for hydroxylation is 8. The molecule has 0 fully saturated rings. The molecule has 8 bridgehead atoms. The van der Waals surface area contributed by atoms with Gasteiger partial charge in [0.05, 0.1) is 0 Å². The molecule has 0 saturated carbocycles. The van der Waals surface area contributed by atoms with E-state index in [1.54, 1.807) is 0 Å². The van der Waals surface area contributed by atoms with Crippen LogP contribution in [0.4, 0.5) is 0 Å². The second kappa shape index (κ2) is 15.2. The van der Waals surface area contributed by atoms with Crippen LogP contribution in [-0.2, 0) is 51.4 Å². The lowest BCUT2D eigenvalue weighted by atomic mass is 9.66. The highest BCUT2D eigenvalue weighted by molar-refractivity contribution is 6.44. The number of benzene rings is 8. The Balaban J connectivity index is 1.40. The standard InChI is InChI=1S/C64H48/c1-5-13-49(14-6-1)57-58(50-15-7-2-8-16-50)61-53-37-41-21-23-43-27-31-47(35-33-45(53)29-25-41)55(39-43)63(61)60(52-19-11-4-12-20-52)64-56-40-44-24-22-42-26-30-46(34-36-48(56)32-28-44)54(38-42)62(64)59(57)51-17-9-3-10-18-51/h1-20,25-32,37-40H,21-24,33-36H2/b58-57-,59-57?,61-58?,62-59-,63-60?,63-61-,64-60-,64-62?. The van der Waals surface area contributed by atoms with E-state index < -0.39 is 0 Å². The first-order valence-electron chi connectivity index (χ1n) is 23.4. The Morgan fingerprint density at radius 2 is 0.406 bits per heavy atom. The molecule has 304 valence electrons. The van der Waals surface area contributed by atoms with Gasteiger partial charge in [0.2, 0.25) is 0 Å². The van der Waals surface area contributed by atoms with E-state index >= 15 is 0 Å². The summed E-state index contributed by atoms with van der Waals surface area (Å²) < 4.78 is 0. The molecular formula is C64H48. The molecule has 0 heteroatoms. The first-order valence-corrected chi connectivity index (χ1v) is 23.4. The molecule has 0 nitrogen and oxygen atoms in total. The van der Waals surface area contributed by atoms with Crippen molar-refractivity contribution in [2.45, 2.75) is 51.4 Å². The van der Waals surface area contributed by atoms with Crippen molar-refractivity contribution < 1.29 is 0 Å². The molecule has 64 heavy (non-hydrogen) atoms. The molecule has 0 aliphatic heterocycles. The van der Waals surface area contributed by atoms with Gasteiger partial charge in [-0.2, -0.15) is 0 Å². The molecule has 0 unspecified atom stereocenters. The third-order valence-corrected chi connectivity index (χ3v) is 14.8. The molecular weight excluding hydrogens is 769 g/mol. The molecule has 0 N–H and O–H groups in total. The first kappa shape index (κ1) is 37.3. The van der Waals surface area contributed by atoms with E-state index in [0.717, 1.165) is 51.4 Å². The van der Waals surface area contributed by atoms with Crippen LogP contribution in [0.1, 0.15) is 89.0 Å². The lowest BCUT2D eigenvalue weighted by molar-refractivity contribution is 0.911. The molecule has 5 aliphatic carbocycles. The fourth-order valence-electron chi connectivity index (χ4n) is 11.7. The van der Waals surface area contributed by atoms with Gasteiger partial charge in [0.1, 0.15) is 0 Å². The summed E-state index contributed by atoms with van der Waals surface area (Å²) in [7, 11) is 0. The third-order valence-electron chi connectivity index (χ3n) is 14.8. The molecule has 0 amide bonds. The minimum atomic E-state index is 0.980. The lowest BCUT2D eigenvalue weighted by Gasteiger charge is -2.37. The number of allylic oxidation sites excluding steroid dienone is 8. The van der Waals surface area contributed by atoms with Crippen molar-refractivity contribution in [2.24, 2.45) is 0 Å². The molecule has 5 aliphatic rings. The van der Waals surface area contributed by atoms with Crippen LogP contribution in [0.3, 0.4) is 0 Å². The molecule has 0 spiro atoms. The molecule has 13 rings (SSSR count). The Morgan fingerprint density at radius 3 is 0.688 bits per heavy atom. The molecule has 0 heterocycles. The largest absolute Gasteiger partial charge is 0.0622 e. The summed E-state index contributed by atoms with van der Waals surface area (Å²) in [6.45, 7) is 0. The van der Waals surface area contributed by atoms with Gasteiger partial charge in [0, 0.05) is 0 Å². The van der Waals surface area contributed by atoms with Crippen molar-refractivity contribution in [3.05, 3.63) is 283 Å². The summed E-state index contributed by atoms with van der Waals surface area (Å²) in [5, 5.41) is 0. The van der Waals surface area contributed by atoms with Crippen molar-refractivity contribution in [1.29, 1.82) is 0 Å². The van der Waals surface area contributed by atoms with Crippen molar-refractivity contribution in [3.63, 3.8) is 0 Å². The van der Waals surface area contributed by atoms with E-state index in [0.29, 0.717) is 0 Å². The zero-order valence-corrected chi connectivity index (χ0v) is 36.1. The van der Waals surface area contributed by atoms with Gasteiger partial charge >= 0.3 is 0 Å². The summed E-state index contributed by atoms with van der Waals surface area (Å²) in [5.41, 5.74) is 32.3. The van der Waals surface area contributed by atoms with Gasteiger partial charge < -0.3 is 0 Å². The van der Waals surface area contributed by atoms with Gasteiger partial charge in [-0.15, -0.1) is 0 Å². The SMILES string of the molecule is c1ccc(C2=C(c3ccccc3)/C3=C(\C(c4ccccc4)=C4/C(=C\2c2ccccc2)c2cc5ccc2CCc2ccc(cc24)CC5)c2cc4ccc2CCc2ccc(cc23)CC4)cc1. The highest BCUT2D eigenvalue weighted by Crippen LogP contribution is 2.60. The molecule has 0 atom stereocenters. The van der Waals surface area contributed by atoms with Gasteiger partial charge in [-0.05, 0) is 185 Å². The third kappa shape index (κ3) is 6.11. The molecule has 0 saturated heterocycles. The van der Waals surface area contributed by atoms with E-state index in [1.807, 2.05) is 0 Å². The van der Waals surface area contributed by atoms with Crippen LogP contribution in [0.25, 0.3) is 44.6 Å². The Hall–Kier alpha value is -7.28. The molecule has 8 aromatic rings. The number of rotatable bonds is 4.